The van der Waals surface area contributed by atoms with Gasteiger partial charge in [0.25, 0.3) is 5.56 Å². The molecule has 0 fully saturated rings. The van der Waals surface area contributed by atoms with Gasteiger partial charge in [-0.15, -0.1) is 10.2 Å². The predicted octanol–water partition coefficient (Wildman–Crippen LogP) is 5.30. The number of nitrogens with one attached hydrogen (secondary N) is 1. The molecule has 1 atom stereocenters. The fraction of sp³-hybridized carbons (Fsp3) is 0.172. The van der Waals surface area contributed by atoms with E-state index in [9.17, 15) is 14.0 Å². The minimum atomic E-state index is -0.643. The first kappa shape index (κ1) is 26.2. The zero-order valence-corrected chi connectivity index (χ0v) is 22.7. The van der Waals surface area contributed by atoms with E-state index in [1.54, 1.807) is 48.3 Å². The Labute approximate surface area is 229 Å². The standard InChI is InChI=1S/C29H27FN6O2S/c1-18-14-16-21(17-15-18)35-26(23-12-8-9-13-24(23)30)32-33-29(35)39-20(3)27(37)31-25-19(2)34(4)36(28(25)38)22-10-6-5-7-11-22/h5-17,20H,1-4H3,(H,31,37). The van der Waals surface area contributed by atoms with Crippen LogP contribution in [0.4, 0.5) is 10.1 Å². The molecule has 1 unspecified atom stereocenters. The summed E-state index contributed by atoms with van der Waals surface area (Å²) in [6.07, 6.45) is 0. The SMILES string of the molecule is Cc1ccc(-n2c(SC(C)C(=O)Nc3c(C)n(C)n(-c4ccccc4)c3=O)nnc2-c2ccccc2F)cc1. The number of hydrogen-bond donors (Lipinski definition) is 1. The Morgan fingerprint density at radius 2 is 1.59 bits per heavy atom. The average Bonchev–Trinajstić information content (AvgIpc) is 3.43. The largest absolute Gasteiger partial charge is 0.319 e. The van der Waals surface area contributed by atoms with Crippen LogP contribution in [0, 0.1) is 19.7 Å². The number of aromatic nitrogens is 5. The molecular weight excluding hydrogens is 515 g/mol. The van der Waals surface area contributed by atoms with Gasteiger partial charge in [-0.2, -0.15) is 0 Å². The number of thioether (sulfide) groups is 1. The second kappa shape index (κ2) is 10.7. The van der Waals surface area contributed by atoms with E-state index in [1.165, 1.54) is 22.5 Å². The first-order chi connectivity index (χ1) is 18.8. The monoisotopic (exact) mass is 542 g/mol. The van der Waals surface area contributed by atoms with Gasteiger partial charge >= 0.3 is 0 Å². The number of halogens is 1. The summed E-state index contributed by atoms with van der Waals surface area (Å²) in [4.78, 5) is 26.5. The van der Waals surface area contributed by atoms with Crippen LogP contribution in [0.3, 0.4) is 0 Å². The number of benzene rings is 3. The topological polar surface area (TPSA) is 86.7 Å². The van der Waals surface area contributed by atoms with Crippen LogP contribution in [0.25, 0.3) is 22.8 Å². The van der Waals surface area contributed by atoms with Gasteiger partial charge in [-0.1, -0.05) is 59.8 Å². The Hall–Kier alpha value is -4.44. The maximum Gasteiger partial charge on any atom is 0.295 e. The number of rotatable bonds is 7. The fourth-order valence-corrected chi connectivity index (χ4v) is 5.11. The molecule has 3 aromatic carbocycles. The lowest BCUT2D eigenvalue weighted by molar-refractivity contribution is -0.115. The number of carbonyl (C=O) groups excluding carboxylic acids is 1. The van der Waals surface area contributed by atoms with Crippen LogP contribution < -0.4 is 10.9 Å². The molecule has 0 aliphatic heterocycles. The highest BCUT2D eigenvalue weighted by Gasteiger charge is 2.25. The van der Waals surface area contributed by atoms with E-state index in [-0.39, 0.29) is 17.2 Å². The van der Waals surface area contributed by atoms with Crippen LogP contribution in [0.5, 0.6) is 0 Å². The highest BCUT2D eigenvalue weighted by atomic mass is 32.2. The smallest absolute Gasteiger partial charge is 0.295 e. The van der Waals surface area contributed by atoms with Crippen molar-refractivity contribution in [2.24, 2.45) is 7.05 Å². The Kier molecular flexibility index (Phi) is 7.21. The normalized spacial score (nSPS) is 11.9. The van der Waals surface area contributed by atoms with Crippen LogP contribution in [0.1, 0.15) is 18.2 Å². The van der Waals surface area contributed by atoms with E-state index in [2.05, 4.69) is 15.5 Å². The van der Waals surface area contributed by atoms with Crippen molar-refractivity contribution in [2.45, 2.75) is 31.2 Å². The summed E-state index contributed by atoms with van der Waals surface area (Å²) < 4.78 is 19.7. The third-order valence-corrected chi connectivity index (χ3v) is 7.54. The number of amides is 1. The lowest BCUT2D eigenvalue weighted by atomic mass is 10.2. The number of aryl methyl sites for hydroxylation is 1. The summed E-state index contributed by atoms with van der Waals surface area (Å²) >= 11 is 1.18. The quantitative estimate of drug-likeness (QED) is 0.282. The molecule has 198 valence electrons. The van der Waals surface area contributed by atoms with Crippen molar-refractivity contribution in [2.75, 3.05) is 5.32 Å². The highest BCUT2D eigenvalue weighted by Crippen LogP contribution is 2.31. The fourth-order valence-electron chi connectivity index (χ4n) is 4.24. The van der Waals surface area contributed by atoms with E-state index in [0.717, 1.165) is 11.3 Å². The first-order valence-electron chi connectivity index (χ1n) is 12.3. The van der Waals surface area contributed by atoms with E-state index in [1.807, 2.05) is 61.5 Å². The van der Waals surface area contributed by atoms with Crippen molar-refractivity contribution in [3.8, 4) is 22.8 Å². The van der Waals surface area contributed by atoms with Crippen LogP contribution in [-0.4, -0.2) is 35.3 Å². The molecule has 2 aromatic heterocycles. The van der Waals surface area contributed by atoms with Gasteiger partial charge in [0, 0.05) is 12.7 Å². The lowest BCUT2D eigenvalue weighted by Gasteiger charge is -2.14. The molecule has 0 radical (unpaired) electrons. The molecule has 0 spiro atoms. The van der Waals surface area contributed by atoms with Gasteiger partial charge in [-0.3, -0.25) is 18.8 Å². The van der Waals surface area contributed by atoms with Crippen LogP contribution in [0.15, 0.2) is 88.8 Å². The zero-order valence-electron chi connectivity index (χ0n) is 21.9. The molecule has 0 saturated heterocycles. The van der Waals surface area contributed by atoms with Gasteiger partial charge in [-0.05, 0) is 57.2 Å². The second-order valence-electron chi connectivity index (χ2n) is 9.14. The zero-order chi connectivity index (χ0) is 27.7. The Morgan fingerprint density at radius 3 is 2.28 bits per heavy atom. The summed E-state index contributed by atoms with van der Waals surface area (Å²) in [5, 5.41) is 11.2. The summed E-state index contributed by atoms with van der Waals surface area (Å²) in [6.45, 7) is 5.49. The first-order valence-corrected chi connectivity index (χ1v) is 13.2. The number of nitrogens with zero attached hydrogens (tertiary/aromatic N) is 5. The van der Waals surface area contributed by atoms with Crippen LogP contribution in [0.2, 0.25) is 0 Å². The summed E-state index contributed by atoms with van der Waals surface area (Å²) in [5.74, 6) is -0.455. The molecule has 2 heterocycles. The number of carbonyl (C=O) groups is 1. The molecule has 8 nitrogen and oxygen atoms in total. The number of para-hydroxylation sites is 1. The molecule has 0 saturated carbocycles. The van der Waals surface area contributed by atoms with Crippen molar-refractivity contribution in [1.29, 1.82) is 0 Å². The van der Waals surface area contributed by atoms with Crippen molar-refractivity contribution < 1.29 is 9.18 Å². The van der Waals surface area contributed by atoms with Gasteiger partial charge in [0.15, 0.2) is 11.0 Å². The summed E-state index contributed by atoms with van der Waals surface area (Å²) in [5.41, 5.74) is 3.32. The van der Waals surface area contributed by atoms with E-state index < -0.39 is 11.1 Å². The van der Waals surface area contributed by atoms with Gasteiger partial charge in [-0.25, -0.2) is 9.07 Å². The summed E-state index contributed by atoms with van der Waals surface area (Å²) in [7, 11) is 1.77. The highest BCUT2D eigenvalue weighted by molar-refractivity contribution is 8.00. The second-order valence-corrected chi connectivity index (χ2v) is 10.5. The molecule has 10 heteroatoms. The summed E-state index contributed by atoms with van der Waals surface area (Å²) in [6, 6.07) is 23.3. The van der Waals surface area contributed by atoms with Crippen LogP contribution >= 0.6 is 11.8 Å². The third kappa shape index (κ3) is 5.03. The lowest BCUT2D eigenvalue weighted by Crippen LogP contribution is -2.27. The maximum atomic E-state index is 14.7. The van der Waals surface area contributed by atoms with E-state index in [4.69, 9.17) is 0 Å². The maximum absolute atomic E-state index is 14.7. The molecule has 0 bridgehead atoms. The molecule has 39 heavy (non-hydrogen) atoms. The van der Waals surface area contributed by atoms with Crippen molar-refractivity contribution in [3.05, 3.63) is 106 Å². The number of anilines is 1. The minimum Gasteiger partial charge on any atom is -0.319 e. The predicted molar refractivity (Wildman–Crippen MR) is 151 cm³/mol. The third-order valence-electron chi connectivity index (χ3n) is 6.49. The van der Waals surface area contributed by atoms with E-state index >= 15 is 0 Å². The molecule has 0 aliphatic rings. The molecule has 5 aromatic rings. The van der Waals surface area contributed by atoms with Crippen LogP contribution in [-0.2, 0) is 11.8 Å². The Bertz CT molecular complexity index is 1710. The minimum absolute atomic E-state index is 0.214. The molecule has 1 N–H and O–H groups in total. The molecule has 5 rings (SSSR count). The van der Waals surface area contributed by atoms with Crippen molar-refractivity contribution in [1.82, 2.24) is 24.1 Å². The molecular formula is C29H27FN6O2S. The Morgan fingerprint density at radius 1 is 0.923 bits per heavy atom. The molecule has 1 amide bonds. The molecule has 0 aliphatic carbocycles. The van der Waals surface area contributed by atoms with Crippen molar-refractivity contribution in [3.63, 3.8) is 0 Å². The van der Waals surface area contributed by atoms with Gasteiger partial charge in [0.05, 0.1) is 22.2 Å². The van der Waals surface area contributed by atoms with Gasteiger partial charge < -0.3 is 5.32 Å². The average molecular weight is 543 g/mol. The number of hydrogen-bond acceptors (Lipinski definition) is 5. The van der Waals surface area contributed by atoms with Gasteiger partial charge in [0.1, 0.15) is 11.5 Å². The van der Waals surface area contributed by atoms with Crippen molar-refractivity contribution >= 4 is 23.4 Å². The Balaban J connectivity index is 1.46. The van der Waals surface area contributed by atoms with Gasteiger partial charge in [0.2, 0.25) is 5.91 Å². The van der Waals surface area contributed by atoms with E-state index in [0.29, 0.717) is 27.9 Å².